The number of carbonyl (C=O) groups excluding carboxylic acids is 1. The van der Waals surface area contributed by atoms with Gasteiger partial charge in [0.15, 0.2) is 0 Å². The van der Waals surface area contributed by atoms with Gasteiger partial charge in [0.05, 0.1) is 13.7 Å². The van der Waals surface area contributed by atoms with Crippen LogP contribution in [-0.4, -0.2) is 39.2 Å². The van der Waals surface area contributed by atoms with Crippen molar-refractivity contribution >= 4 is 17.3 Å². The quantitative estimate of drug-likeness (QED) is 0.628. The van der Waals surface area contributed by atoms with Crippen LogP contribution in [0.15, 0.2) is 42.5 Å². The molecule has 0 spiro atoms. The van der Waals surface area contributed by atoms with Gasteiger partial charge in [-0.1, -0.05) is 12.1 Å². The molecule has 0 aliphatic carbocycles. The van der Waals surface area contributed by atoms with Gasteiger partial charge >= 0.3 is 0 Å². The molecule has 27 heavy (non-hydrogen) atoms. The van der Waals surface area contributed by atoms with Gasteiger partial charge in [0.2, 0.25) is 5.91 Å². The average molecular weight is 370 g/mol. The lowest BCUT2D eigenvalue weighted by Crippen LogP contribution is -2.29. The second-order valence-electron chi connectivity index (χ2n) is 6.49. The maximum absolute atomic E-state index is 12.2. The van der Waals surface area contributed by atoms with Crippen molar-refractivity contribution in [3.63, 3.8) is 0 Å². The van der Waals surface area contributed by atoms with Crippen molar-refractivity contribution in [3.05, 3.63) is 53.6 Å². The monoisotopic (exact) mass is 369 g/mol. The second kappa shape index (κ2) is 10.6. The van der Waals surface area contributed by atoms with Crippen molar-refractivity contribution < 1.29 is 9.53 Å². The number of methoxy groups -OCH3 is 1. The van der Waals surface area contributed by atoms with Crippen LogP contribution in [0.2, 0.25) is 0 Å². The van der Waals surface area contributed by atoms with Gasteiger partial charge in [-0.25, -0.2) is 0 Å². The van der Waals surface area contributed by atoms with E-state index in [1.165, 1.54) is 11.3 Å². The summed E-state index contributed by atoms with van der Waals surface area (Å²) in [4.78, 5) is 14.5. The van der Waals surface area contributed by atoms with E-state index >= 15 is 0 Å². The summed E-state index contributed by atoms with van der Waals surface area (Å²) in [6, 6.07) is 14.2. The van der Waals surface area contributed by atoms with Crippen LogP contribution in [0.4, 0.5) is 11.4 Å². The van der Waals surface area contributed by atoms with Gasteiger partial charge in [-0.2, -0.15) is 0 Å². The Balaban J connectivity index is 1.78. The highest BCUT2D eigenvalue weighted by molar-refractivity contribution is 5.93. The Hall–Kier alpha value is -2.53. The first kappa shape index (κ1) is 20.8. The Morgan fingerprint density at radius 2 is 1.78 bits per heavy atom. The first-order valence-electron chi connectivity index (χ1n) is 9.56. The molecule has 0 heterocycles. The van der Waals surface area contributed by atoms with Crippen LogP contribution >= 0.6 is 0 Å². The van der Waals surface area contributed by atoms with Crippen LogP contribution in [0.25, 0.3) is 0 Å². The highest BCUT2D eigenvalue weighted by Gasteiger charge is 2.08. The number of aryl methyl sites for hydroxylation is 1. The largest absolute Gasteiger partial charge is 0.497 e. The SMILES string of the molecule is CCN(CC)c1ccc(NC(=O)CNCCc2ccc(OC)cc2)c(C)c1. The third-order valence-electron chi connectivity index (χ3n) is 4.65. The summed E-state index contributed by atoms with van der Waals surface area (Å²) in [6.45, 7) is 9.31. The molecular formula is C22H31N3O2. The van der Waals surface area contributed by atoms with Crippen molar-refractivity contribution in [3.8, 4) is 5.75 Å². The molecule has 0 aliphatic rings. The number of nitrogens with zero attached hydrogens (tertiary/aromatic N) is 1. The highest BCUT2D eigenvalue weighted by Crippen LogP contribution is 2.22. The van der Waals surface area contributed by atoms with Crippen molar-refractivity contribution in [2.75, 3.05) is 43.5 Å². The number of benzene rings is 2. The molecule has 0 aliphatic heterocycles. The maximum Gasteiger partial charge on any atom is 0.238 e. The van der Waals surface area contributed by atoms with E-state index < -0.39 is 0 Å². The Labute approximate surface area is 162 Å². The molecule has 0 unspecified atom stereocenters. The van der Waals surface area contributed by atoms with E-state index in [-0.39, 0.29) is 5.91 Å². The minimum atomic E-state index is -0.0246. The standard InChI is InChI=1S/C22H31N3O2/c1-5-25(6-2)19-9-12-21(17(3)15-19)24-22(26)16-23-14-13-18-7-10-20(27-4)11-8-18/h7-12,15,23H,5-6,13-14,16H2,1-4H3,(H,24,26). The average Bonchev–Trinajstić information content (AvgIpc) is 2.68. The minimum Gasteiger partial charge on any atom is -0.497 e. The molecule has 0 aromatic heterocycles. The molecule has 2 aromatic rings. The lowest BCUT2D eigenvalue weighted by Gasteiger charge is -2.22. The predicted octanol–water partition coefficient (Wildman–Crippen LogP) is 3.62. The number of amides is 1. The van der Waals surface area contributed by atoms with Crippen molar-refractivity contribution in [1.82, 2.24) is 5.32 Å². The predicted molar refractivity (Wildman–Crippen MR) is 113 cm³/mol. The lowest BCUT2D eigenvalue weighted by molar-refractivity contribution is -0.115. The Morgan fingerprint density at radius 3 is 2.37 bits per heavy atom. The van der Waals surface area contributed by atoms with E-state index in [1.54, 1.807) is 7.11 Å². The summed E-state index contributed by atoms with van der Waals surface area (Å²) in [6.07, 6.45) is 0.870. The summed E-state index contributed by atoms with van der Waals surface area (Å²) >= 11 is 0. The van der Waals surface area contributed by atoms with Crippen molar-refractivity contribution in [2.24, 2.45) is 0 Å². The molecule has 5 heteroatoms. The summed E-state index contributed by atoms with van der Waals surface area (Å²) in [7, 11) is 1.66. The molecule has 0 saturated carbocycles. The number of nitrogens with one attached hydrogen (secondary N) is 2. The third kappa shape index (κ3) is 6.29. The summed E-state index contributed by atoms with van der Waals surface area (Å²) in [5, 5.41) is 6.19. The zero-order valence-electron chi connectivity index (χ0n) is 16.8. The van der Waals surface area contributed by atoms with Crippen LogP contribution in [0.1, 0.15) is 25.0 Å². The zero-order chi connectivity index (χ0) is 19.6. The molecule has 0 fully saturated rings. The second-order valence-corrected chi connectivity index (χ2v) is 6.49. The van der Waals surface area contributed by atoms with Gasteiger partial charge in [-0.3, -0.25) is 4.79 Å². The fourth-order valence-corrected chi connectivity index (χ4v) is 2.99. The van der Waals surface area contributed by atoms with Gasteiger partial charge in [0.1, 0.15) is 5.75 Å². The number of anilines is 2. The maximum atomic E-state index is 12.2. The minimum absolute atomic E-state index is 0.0246. The van der Waals surface area contributed by atoms with Gasteiger partial charge in [0.25, 0.3) is 0 Å². The Kier molecular flexibility index (Phi) is 8.14. The first-order valence-corrected chi connectivity index (χ1v) is 9.56. The molecule has 0 atom stereocenters. The summed E-state index contributed by atoms with van der Waals surface area (Å²) in [5.41, 5.74) is 4.35. The molecule has 2 rings (SSSR count). The smallest absolute Gasteiger partial charge is 0.238 e. The fraction of sp³-hybridized carbons (Fsp3) is 0.409. The first-order chi connectivity index (χ1) is 13.1. The van der Waals surface area contributed by atoms with E-state index in [0.29, 0.717) is 6.54 Å². The molecule has 0 radical (unpaired) electrons. The number of carbonyl (C=O) groups is 1. The van der Waals surface area contributed by atoms with Crippen molar-refractivity contribution in [1.29, 1.82) is 0 Å². The van der Waals surface area contributed by atoms with Crippen LogP contribution < -0.4 is 20.3 Å². The molecule has 2 aromatic carbocycles. The summed E-state index contributed by atoms with van der Waals surface area (Å²) in [5.74, 6) is 0.830. The van der Waals surface area contributed by atoms with Crippen LogP contribution in [0.3, 0.4) is 0 Å². The molecule has 0 bridgehead atoms. The molecule has 5 nitrogen and oxygen atoms in total. The molecule has 0 saturated heterocycles. The van der Waals surface area contributed by atoms with Gasteiger partial charge in [-0.05, 0) is 75.2 Å². The Morgan fingerprint density at radius 1 is 1.07 bits per heavy atom. The Bertz CT molecular complexity index is 725. The van der Waals surface area contributed by atoms with Crippen LogP contribution in [0, 0.1) is 6.92 Å². The van der Waals surface area contributed by atoms with E-state index in [9.17, 15) is 4.79 Å². The highest BCUT2D eigenvalue weighted by atomic mass is 16.5. The fourth-order valence-electron chi connectivity index (χ4n) is 2.99. The van der Waals surface area contributed by atoms with Crippen LogP contribution in [0.5, 0.6) is 5.75 Å². The summed E-state index contributed by atoms with van der Waals surface area (Å²) < 4.78 is 5.15. The topological polar surface area (TPSA) is 53.6 Å². The van der Waals surface area contributed by atoms with Gasteiger partial charge in [0, 0.05) is 24.5 Å². The van der Waals surface area contributed by atoms with Gasteiger partial charge < -0.3 is 20.3 Å². The van der Waals surface area contributed by atoms with E-state index in [0.717, 1.165) is 43.1 Å². The number of rotatable bonds is 10. The van der Waals surface area contributed by atoms with E-state index in [4.69, 9.17) is 4.74 Å². The zero-order valence-corrected chi connectivity index (χ0v) is 16.8. The molecule has 1 amide bonds. The number of hydrogen-bond donors (Lipinski definition) is 2. The molecular weight excluding hydrogens is 338 g/mol. The van der Waals surface area contributed by atoms with E-state index in [1.807, 2.05) is 37.3 Å². The third-order valence-corrected chi connectivity index (χ3v) is 4.65. The van der Waals surface area contributed by atoms with Crippen molar-refractivity contribution in [2.45, 2.75) is 27.2 Å². The number of hydrogen-bond acceptors (Lipinski definition) is 4. The molecule has 2 N–H and O–H groups in total. The lowest BCUT2D eigenvalue weighted by atomic mass is 10.1. The van der Waals surface area contributed by atoms with E-state index in [2.05, 4.69) is 41.5 Å². The normalized spacial score (nSPS) is 10.5. The number of ether oxygens (including phenoxy) is 1. The van der Waals surface area contributed by atoms with Gasteiger partial charge in [-0.15, -0.1) is 0 Å². The molecule has 146 valence electrons. The van der Waals surface area contributed by atoms with Crippen LogP contribution in [-0.2, 0) is 11.2 Å².